The molecule has 1 N–H and O–H groups in total. The van der Waals surface area contributed by atoms with Crippen molar-refractivity contribution < 1.29 is 9.53 Å². The van der Waals surface area contributed by atoms with Gasteiger partial charge < -0.3 is 9.72 Å². The first-order valence-corrected chi connectivity index (χ1v) is 12.0. The Labute approximate surface area is 185 Å². The van der Waals surface area contributed by atoms with Crippen LogP contribution in [0, 0.1) is 17.3 Å². The van der Waals surface area contributed by atoms with Crippen molar-refractivity contribution in [1.29, 1.82) is 0 Å². The van der Waals surface area contributed by atoms with E-state index in [1.54, 1.807) is 31.5 Å². The number of nitrogens with one attached hydrogen (secondary N) is 1. The van der Waals surface area contributed by atoms with E-state index in [2.05, 4.69) is 45.1 Å². The highest BCUT2D eigenvalue weighted by Gasteiger charge is 2.58. The van der Waals surface area contributed by atoms with E-state index in [0.717, 1.165) is 48.4 Å². The number of carbonyl (C=O) groups excluding carboxylic acids is 1. The Bertz CT molecular complexity index is 1180. The van der Waals surface area contributed by atoms with Crippen LogP contribution in [0.15, 0.2) is 35.9 Å². The number of aromatic nitrogens is 4. The summed E-state index contributed by atoms with van der Waals surface area (Å²) < 4.78 is 5.45. The molecule has 2 heterocycles. The van der Waals surface area contributed by atoms with Crippen LogP contribution in [0.4, 0.5) is 0 Å². The maximum absolute atomic E-state index is 13.6. The van der Waals surface area contributed by atoms with Crippen LogP contribution < -0.4 is 4.74 Å². The van der Waals surface area contributed by atoms with E-state index in [9.17, 15) is 4.79 Å². The minimum atomic E-state index is -0.219. The molecule has 6 rings (SSSR count). The molecule has 6 nitrogen and oxygen atoms in total. The standard InChI is InChI=1S/C24H26N4O2S/c1-24-8-7-16-15-6-4-14(30-2)9-13(15)3-5-17(16)18(24)10-19(21(24)29)31-23-20-22(26-11-25-20)27-12-28-23/h4,6,9,11-12,16-19H,3,5,7-8,10H2,1-2H3,(H,25,26,27,28)/t16-,17-,18+,19+,24+/m1/s1. The number of carbonyl (C=O) groups is 1. The average Bonchev–Trinajstić information content (AvgIpc) is 3.37. The molecule has 0 unspecified atom stereocenters. The SMILES string of the molecule is COc1ccc2c(c1)CC[C@@H]1[C@@H]2CC[C@]2(C)C(=O)[C@@H](Sc3ncnc4nc[nH]c34)C[C@@H]12. The van der Waals surface area contributed by atoms with E-state index in [1.165, 1.54) is 11.1 Å². The number of fused-ring (bicyclic) bond motifs is 6. The van der Waals surface area contributed by atoms with Gasteiger partial charge in [-0.15, -0.1) is 0 Å². The van der Waals surface area contributed by atoms with Crippen molar-refractivity contribution in [3.63, 3.8) is 0 Å². The second-order valence-electron chi connectivity index (χ2n) is 9.42. The fourth-order valence-corrected chi connectivity index (χ4v) is 7.85. The summed E-state index contributed by atoms with van der Waals surface area (Å²) in [5.74, 6) is 2.92. The maximum atomic E-state index is 13.6. The van der Waals surface area contributed by atoms with E-state index in [1.807, 2.05) is 0 Å². The molecule has 1 aromatic carbocycles. The van der Waals surface area contributed by atoms with Gasteiger partial charge in [0, 0.05) is 5.41 Å². The normalized spacial score (nSPS) is 31.9. The predicted octanol–water partition coefficient (Wildman–Crippen LogP) is 4.56. The van der Waals surface area contributed by atoms with E-state index >= 15 is 0 Å². The third-order valence-electron chi connectivity index (χ3n) is 8.09. The second kappa shape index (κ2) is 7.05. The molecule has 0 saturated heterocycles. The number of imidazole rings is 1. The number of methoxy groups -OCH3 is 1. The molecule has 2 fully saturated rings. The molecule has 2 saturated carbocycles. The predicted molar refractivity (Wildman–Crippen MR) is 119 cm³/mol. The van der Waals surface area contributed by atoms with Crippen LogP contribution in [0.25, 0.3) is 11.2 Å². The van der Waals surface area contributed by atoms with E-state index in [-0.39, 0.29) is 10.7 Å². The highest BCUT2D eigenvalue weighted by molar-refractivity contribution is 8.00. The zero-order valence-electron chi connectivity index (χ0n) is 17.8. The molecule has 0 spiro atoms. The zero-order valence-corrected chi connectivity index (χ0v) is 18.6. The van der Waals surface area contributed by atoms with Crippen molar-refractivity contribution in [2.75, 3.05) is 7.11 Å². The molecule has 7 heteroatoms. The lowest BCUT2D eigenvalue weighted by atomic mass is 9.55. The molecule has 3 aliphatic carbocycles. The Hall–Kier alpha value is -2.41. The number of nitrogens with zero attached hydrogens (tertiary/aromatic N) is 3. The van der Waals surface area contributed by atoms with E-state index < -0.39 is 0 Å². The summed E-state index contributed by atoms with van der Waals surface area (Å²) in [5, 5.41) is 0.785. The van der Waals surface area contributed by atoms with Crippen LogP contribution in [-0.2, 0) is 11.2 Å². The smallest absolute Gasteiger partial charge is 0.181 e. The number of thioether (sulfide) groups is 1. The third kappa shape index (κ3) is 2.85. The summed E-state index contributed by atoms with van der Waals surface area (Å²) in [4.78, 5) is 29.7. The first-order valence-electron chi connectivity index (χ1n) is 11.1. The van der Waals surface area contributed by atoms with Crippen LogP contribution in [0.2, 0.25) is 0 Å². The number of Topliss-reactive ketones (excluding diaryl/α,β-unsaturated/α-hetero) is 1. The Kier molecular flexibility index (Phi) is 4.39. The van der Waals surface area contributed by atoms with Gasteiger partial charge >= 0.3 is 0 Å². The average molecular weight is 435 g/mol. The summed E-state index contributed by atoms with van der Waals surface area (Å²) in [6.45, 7) is 2.23. The second-order valence-corrected chi connectivity index (χ2v) is 10.6. The molecule has 3 aromatic rings. The Morgan fingerprint density at radius 3 is 3.00 bits per heavy atom. The minimum absolute atomic E-state index is 0.0487. The van der Waals surface area contributed by atoms with Crippen molar-refractivity contribution in [3.8, 4) is 5.75 Å². The molecule has 0 bridgehead atoms. The number of H-pyrrole nitrogens is 1. The van der Waals surface area contributed by atoms with Crippen molar-refractivity contribution in [2.24, 2.45) is 17.3 Å². The van der Waals surface area contributed by atoms with Gasteiger partial charge in [0.05, 0.1) is 18.7 Å². The van der Waals surface area contributed by atoms with Crippen LogP contribution in [0.1, 0.15) is 49.7 Å². The van der Waals surface area contributed by atoms with Crippen LogP contribution in [-0.4, -0.2) is 38.1 Å². The first-order chi connectivity index (χ1) is 15.1. The summed E-state index contributed by atoms with van der Waals surface area (Å²) >= 11 is 1.60. The van der Waals surface area contributed by atoms with Gasteiger partial charge in [-0.05, 0) is 73.1 Å². The van der Waals surface area contributed by atoms with Gasteiger partial charge in [-0.25, -0.2) is 15.0 Å². The zero-order chi connectivity index (χ0) is 21.2. The van der Waals surface area contributed by atoms with Crippen LogP contribution >= 0.6 is 11.8 Å². The summed E-state index contributed by atoms with van der Waals surface area (Å²) in [6, 6.07) is 6.58. The summed E-state index contributed by atoms with van der Waals surface area (Å²) in [6.07, 6.45) is 8.43. The lowest BCUT2D eigenvalue weighted by Crippen LogP contribution is -2.42. The molecule has 3 aliphatic rings. The van der Waals surface area contributed by atoms with Crippen molar-refractivity contribution >= 4 is 28.7 Å². The first kappa shape index (κ1) is 19.3. The molecule has 5 atom stereocenters. The molecular weight excluding hydrogens is 408 g/mol. The number of hydrogen-bond acceptors (Lipinski definition) is 6. The van der Waals surface area contributed by atoms with Gasteiger partial charge in [-0.2, -0.15) is 0 Å². The molecule has 0 amide bonds. The number of ether oxygens (including phenoxy) is 1. The van der Waals surface area contributed by atoms with Crippen LogP contribution in [0.3, 0.4) is 0 Å². The Balaban J connectivity index is 1.30. The van der Waals surface area contributed by atoms with Crippen molar-refractivity contribution in [1.82, 2.24) is 19.9 Å². The van der Waals surface area contributed by atoms with Crippen molar-refractivity contribution in [2.45, 2.75) is 55.2 Å². The topological polar surface area (TPSA) is 80.8 Å². The largest absolute Gasteiger partial charge is 0.497 e. The summed E-state index contributed by atoms with van der Waals surface area (Å²) in [7, 11) is 1.73. The lowest BCUT2D eigenvalue weighted by Gasteiger charge is -2.48. The number of benzene rings is 1. The van der Waals surface area contributed by atoms with Crippen molar-refractivity contribution in [3.05, 3.63) is 42.0 Å². The number of aryl methyl sites for hydroxylation is 1. The van der Waals surface area contributed by atoms with Gasteiger partial charge in [0.2, 0.25) is 0 Å². The van der Waals surface area contributed by atoms with Gasteiger partial charge in [-0.3, -0.25) is 4.79 Å². The molecule has 0 aliphatic heterocycles. The van der Waals surface area contributed by atoms with Gasteiger partial charge in [0.15, 0.2) is 11.4 Å². The van der Waals surface area contributed by atoms with E-state index in [4.69, 9.17) is 4.74 Å². The van der Waals surface area contributed by atoms with Crippen LogP contribution in [0.5, 0.6) is 5.75 Å². The third-order valence-corrected chi connectivity index (χ3v) is 9.31. The molecular formula is C24H26N4O2S. The van der Waals surface area contributed by atoms with Gasteiger partial charge in [0.1, 0.15) is 22.6 Å². The number of rotatable bonds is 3. The summed E-state index contributed by atoms with van der Waals surface area (Å²) in [5.41, 5.74) is 4.19. The monoisotopic (exact) mass is 434 g/mol. The minimum Gasteiger partial charge on any atom is -0.497 e. The lowest BCUT2D eigenvalue weighted by molar-refractivity contribution is -0.129. The van der Waals surface area contributed by atoms with Gasteiger partial charge in [0.25, 0.3) is 0 Å². The molecule has 160 valence electrons. The van der Waals surface area contributed by atoms with Gasteiger partial charge in [-0.1, -0.05) is 24.8 Å². The molecule has 31 heavy (non-hydrogen) atoms. The fourth-order valence-electron chi connectivity index (χ4n) is 6.52. The molecule has 2 aromatic heterocycles. The highest BCUT2D eigenvalue weighted by Crippen LogP contribution is 2.61. The fraction of sp³-hybridized carbons (Fsp3) is 0.500. The number of hydrogen-bond donors (Lipinski definition) is 1. The number of aromatic amines is 1. The Morgan fingerprint density at radius 1 is 1.23 bits per heavy atom. The number of ketones is 1. The molecule has 0 radical (unpaired) electrons. The Morgan fingerprint density at radius 2 is 2.13 bits per heavy atom. The quantitative estimate of drug-likeness (QED) is 0.609. The maximum Gasteiger partial charge on any atom is 0.181 e. The van der Waals surface area contributed by atoms with E-state index in [0.29, 0.717) is 29.2 Å². The highest BCUT2D eigenvalue weighted by atomic mass is 32.2.